The molecule has 3 aromatic rings. The first kappa shape index (κ1) is 19.5. The third kappa shape index (κ3) is 5.12. The molecular formula is C18H14ClFN2O3S2. The topological polar surface area (TPSA) is 76.1 Å². The van der Waals surface area contributed by atoms with E-state index in [1.54, 1.807) is 17.5 Å². The van der Waals surface area contributed by atoms with Gasteiger partial charge in [-0.15, -0.1) is 11.3 Å². The van der Waals surface area contributed by atoms with Crippen LogP contribution in [0.15, 0.2) is 58.8 Å². The predicted molar refractivity (Wildman–Crippen MR) is 104 cm³/mol. The second-order valence-corrected chi connectivity index (χ2v) is 9.02. The highest BCUT2D eigenvalue weighted by Gasteiger charge is 2.17. The second kappa shape index (κ2) is 8.16. The number of hydrogen-bond donors (Lipinski definition) is 1. The number of benzene rings is 2. The Morgan fingerprint density at radius 1 is 1.19 bits per heavy atom. The number of nitrogens with zero attached hydrogens (tertiary/aromatic N) is 1. The summed E-state index contributed by atoms with van der Waals surface area (Å²) in [5, 5.41) is 5.02. The van der Waals surface area contributed by atoms with Crippen molar-refractivity contribution in [1.29, 1.82) is 0 Å². The fourth-order valence-corrected chi connectivity index (χ4v) is 4.38. The average molecular weight is 425 g/mol. The third-order valence-corrected chi connectivity index (χ3v) is 6.38. The van der Waals surface area contributed by atoms with Crippen molar-refractivity contribution in [3.63, 3.8) is 0 Å². The predicted octanol–water partition coefficient (Wildman–Crippen LogP) is 4.41. The molecule has 2 aromatic carbocycles. The van der Waals surface area contributed by atoms with Gasteiger partial charge in [-0.2, -0.15) is 0 Å². The molecule has 0 unspecified atom stereocenters. The number of thiazole rings is 1. The van der Waals surface area contributed by atoms with Crippen LogP contribution >= 0.6 is 22.9 Å². The van der Waals surface area contributed by atoms with E-state index in [0.29, 0.717) is 21.4 Å². The highest BCUT2D eigenvalue weighted by Crippen LogP contribution is 2.25. The summed E-state index contributed by atoms with van der Waals surface area (Å²) in [5.41, 5.74) is 1.13. The minimum absolute atomic E-state index is 0.113. The molecule has 0 fully saturated rings. The fourth-order valence-electron chi connectivity index (χ4n) is 2.28. The Hall–Kier alpha value is -2.29. The lowest BCUT2D eigenvalue weighted by Gasteiger charge is -2.05. The van der Waals surface area contributed by atoms with Crippen LogP contribution in [0.4, 0.5) is 9.52 Å². The van der Waals surface area contributed by atoms with Crippen molar-refractivity contribution in [2.75, 3.05) is 11.1 Å². The van der Waals surface area contributed by atoms with E-state index >= 15 is 0 Å². The Balaban J connectivity index is 1.60. The number of anilines is 1. The van der Waals surface area contributed by atoms with Crippen LogP contribution in [0.5, 0.6) is 0 Å². The quantitative estimate of drug-likeness (QED) is 0.636. The van der Waals surface area contributed by atoms with Crippen LogP contribution in [-0.2, 0) is 14.6 Å². The molecule has 0 spiro atoms. The SMILES string of the molecule is O=C(CCS(=O)(=O)c1ccc(Cl)cc1)Nc1nc(-c2cccc(F)c2)cs1. The van der Waals surface area contributed by atoms with E-state index in [0.717, 1.165) is 0 Å². The summed E-state index contributed by atoms with van der Waals surface area (Å²) in [7, 11) is -3.59. The van der Waals surface area contributed by atoms with E-state index in [-0.39, 0.29) is 22.9 Å². The molecule has 0 saturated heterocycles. The van der Waals surface area contributed by atoms with E-state index < -0.39 is 15.7 Å². The summed E-state index contributed by atoms with van der Waals surface area (Å²) in [6.07, 6.45) is -0.208. The first-order valence-electron chi connectivity index (χ1n) is 7.83. The van der Waals surface area contributed by atoms with Crippen LogP contribution < -0.4 is 5.32 Å². The van der Waals surface area contributed by atoms with Gasteiger partial charge in [0.25, 0.3) is 0 Å². The lowest BCUT2D eigenvalue weighted by atomic mass is 10.2. The first-order chi connectivity index (χ1) is 12.8. The summed E-state index contributed by atoms with van der Waals surface area (Å²) in [6, 6.07) is 11.7. The molecule has 1 N–H and O–H groups in total. The van der Waals surface area contributed by atoms with Gasteiger partial charge in [0.05, 0.1) is 16.3 Å². The summed E-state index contributed by atoms with van der Waals surface area (Å²) < 4.78 is 37.8. The van der Waals surface area contributed by atoms with Crippen molar-refractivity contribution in [2.24, 2.45) is 0 Å². The van der Waals surface area contributed by atoms with E-state index in [1.165, 1.54) is 47.7 Å². The summed E-state index contributed by atoms with van der Waals surface area (Å²) in [4.78, 5) is 16.4. The van der Waals surface area contributed by atoms with Crippen LogP contribution in [0, 0.1) is 5.82 Å². The van der Waals surface area contributed by atoms with E-state index in [1.807, 2.05) is 0 Å². The van der Waals surface area contributed by atoms with Crippen LogP contribution in [0.25, 0.3) is 11.3 Å². The van der Waals surface area contributed by atoms with Gasteiger partial charge in [-0.25, -0.2) is 17.8 Å². The maximum absolute atomic E-state index is 13.3. The molecule has 0 atom stereocenters. The number of carbonyl (C=O) groups is 1. The van der Waals surface area contributed by atoms with Gasteiger partial charge in [0.1, 0.15) is 5.82 Å². The van der Waals surface area contributed by atoms with Gasteiger partial charge in [0.2, 0.25) is 5.91 Å². The van der Waals surface area contributed by atoms with Gasteiger partial charge in [-0.05, 0) is 36.4 Å². The summed E-state index contributed by atoms with van der Waals surface area (Å²) in [6.45, 7) is 0. The van der Waals surface area contributed by atoms with Crippen LogP contribution in [0.2, 0.25) is 5.02 Å². The smallest absolute Gasteiger partial charge is 0.227 e. The molecular weight excluding hydrogens is 411 g/mol. The summed E-state index contributed by atoms with van der Waals surface area (Å²) in [5.74, 6) is -1.17. The van der Waals surface area contributed by atoms with Gasteiger partial charge in [0.15, 0.2) is 15.0 Å². The van der Waals surface area contributed by atoms with Gasteiger partial charge in [-0.3, -0.25) is 4.79 Å². The van der Waals surface area contributed by atoms with Crippen molar-refractivity contribution in [3.05, 3.63) is 64.8 Å². The molecule has 5 nitrogen and oxygen atoms in total. The molecule has 3 rings (SSSR count). The molecule has 0 aliphatic rings. The molecule has 0 radical (unpaired) electrons. The van der Waals surface area contributed by atoms with Crippen LogP contribution in [0.1, 0.15) is 6.42 Å². The van der Waals surface area contributed by atoms with E-state index in [9.17, 15) is 17.6 Å². The standard InChI is InChI=1S/C18H14ClFN2O3S2/c19-13-4-6-15(7-5-13)27(24,25)9-8-17(23)22-18-21-16(11-26-18)12-2-1-3-14(20)10-12/h1-7,10-11H,8-9H2,(H,21,22,23). The van der Waals surface area contributed by atoms with Gasteiger partial charge in [0, 0.05) is 22.4 Å². The highest BCUT2D eigenvalue weighted by atomic mass is 35.5. The molecule has 0 bridgehead atoms. The molecule has 0 saturated carbocycles. The monoisotopic (exact) mass is 424 g/mol. The normalized spacial score (nSPS) is 11.3. The third-order valence-electron chi connectivity index (χ3n) is 3.64. The average Bonchev–Trinajstić information content (AvgIpc) is 3.09. The second-order valence-electron chi connectivity index (χ2n) is 5.62. The Labute approximate surface area is 164 Å². The van der Waals surface area contributed by atoms with Crippen molar-refractivity contribution < 1.29 is 17.6 Å². The van der Waals surface area contributed by atoms with Crippen molar-refractivity contribution in [1.82, 2.24) is 4.98 Å². The highest BCUT2D eigenvalue weighted by molar-refractivity contribution is 7.91. The lowest BCUT2D eigenvalue weighted by molar-refractivity contribution is -0.115. The number of nitrogens with one attached hydrogen (secondary N) is 1. The zero-order valence-electron chi connectivity index (χ0n) is 13.9. The summed E-state index contributed by atoms with van der Waals surface area (Å²) >= 11 is 6.93. The van der Waals surface area contributed by atoms with Gasteiger partial charge in [-0.1, -0.05) is 23.7 Å². The largest absolute Gasteiger partial charge is 0.302 e. The molecule has 27 heavy (non-hydrogen) atoms. The van der Waals surface area contributed by atoms with Gasteiger partial charge >= 0.3 is 0 Å². The molecule has 1 heterocycles. The molecule has 9 heteroatoms. The number of hydrogen-bond acceptors (Lipinski definition) is 5. The minimum atomic E-state index is -3.59. The molecule has 0 aliphatic heterocycles. The molecule has 140 valence electrons. The molecule has 1 aromatic heterocycles. The maximum Gasteiger partial charge on any atom is 0.227 e. The zero-order chi connectivity index (χ0) is 19.4. The number of carbonyl (C=O) groups excluding carboxylic acids is 1. The van der Waals surface area contributed by atoms with Crippen LogP contribution in [0.3, 0.4) is 0 Å². The number of sulfone groups is 1. The van der Waals surface area contributed by atoms with Crippen molar-refractivity contribution in [3.8, 4) is 11.3 Å². The van der Waals surface area contributed by atoms with Crippen molar-refractivity contribution >= 4 is 43.8 Å². The molecule has 0 aliphatic carbocycles. The number of aromatic nitrogens is 1. The maximum atomic E-state index is 13.3. The first-order valence-corrected chi connectivity index (χ1v) is 10.7. The minimum Gasteiger partial charge on any atom is -0.302 e. The zero-order valence-corrected chi connectivity index (χ0v) is 16.2. The number of amides is 1. The van der Waals surface area contributed by atoms with E-state index in [2.05, 4.69) is 10.3 Å². The Morgan fingerprint density at radius 2 is 1.93 bits per heavy atom. The lowest BCUT2D eigenvalue weighted by Crippen LogP contribution is -2.17. The van der Waals surface area contributed by atoms with Crippen molar-refractivity contribution in [2.45, 2.75) is 11.3 Å². The Kier molecular flexibility index (Phi) is 5.88. The van der Waals surface area contributed by atoms with Gasteiger partial charge < -0.3 is 5.32 Å². The molecule has 1 amide bonds. The fraction of sp³-hybridized carbons (Fsp3) is 0.111. The number of rotatable bonds is 6. The van der Waals surface area contributed by atoms with E-state index in [4.69, 9.17) is 11.6 Å². The Bertz CT molecular complexity index is 1070. The van der Waals surface area contributed by atoms with Crippen LogP contribution in [-0.4, -0.2) is 25.1 Å². The number of halogens is 2. The Morgan fingerprint density at radius 3 is 2.63 bits per heavy atom.